The highest BCUT2D eigenvalue weighted by molar-refractivity contribution is 9.10. The van der Waals surface area contributed by atoms with Crippen molar-refractivity contribution in [1.82, 2.24) is 0 Å². The number of anilines is 2. The van der Waals surface area contributed by atoms with Gasteiger partial charge in [0.1, 0.15) is 5.75 Å². The van der Waals surface area contributed by atoms with Crippen LogP contribution in [0.25, 0.3) is 0 Å². The Morgan fingerprint density at radius 3 is 2.76 bits per heavy atom. The molecule has 1 atom stereocenters. The fourth-order valence-corrected chi connectivity index (χ4v) is 3.74. The van der Waals surface area contributed by atoms with Crippen molar-refractivity contribution in [3.8, 4) is 5.75 Å². The van der Waals surface area contributed by atoms with Gasteiger partial charge in [0.2, 0.25) is 11.8 Å². The maximum atomic E-state index is 12.8. The summed E-state index contributed by atoms with van der Waals surface area (Å²) in [5.74, 6) is -0.784. The van der Waals surface area contributed by atoms with Crippen molar-refractivity contribution >= 4 is 44.8 Å². The summed E-state index contributed by atoms with van der Waals surface area (Å²) in [6.45, 7) is 2.18. The van der Waals surface area contributed by atoms with Gasteiger partial charge in [-0.1, -0.05) is 22.9 Å². The molecule has 2 aromatic rings. The van der Waals surface area contributed by atoms with Crippen molar-refractivity contribution in [2.75, 3.05) is 23.9 Å². The predicted molar refractivity (Wildman–Crippen MR) is 112 cm³/mol. The lowest BCUT2D eigenvalue weighted by Crippen LogP contribution is -2.28. The third kappa shape index (κ3) is 4.40. The van der Waals surface area contributed by atoms with E-state index in [0.29, 0.717) is 5.69 Å². The molecule has 3 rings (SSSR count). The number of non-ortho nitro benzene ring substituents is 1. The molecule has 8 nitrogen and oxygen atoms in total. The summed E-state index contributed by atoms with van der Waals surface area (Å²) in [6.07, 6.45) is 0.814. The highest BCUT2D eigenvalue weighted by Gasteiger charge is 2.36. The fourth-order valence-electron chi connectivity index (χ4n) is 3.33. The monoisotopic (exact) mass is 461 g/mol. The third-order valence-corrected chi connectivity index (χ3v) is 5.36. The van der Waals surface area contributed by atoms with Crippen LogP contribution >= 0.6 is 15.9 Å². The number of nitro benzene ring substituents is 1. The molecule has 2 amide bonds. The molecule has 1 aliphatic rings. The van der Waals surface area contributed by atoms with Crippen LogP contribution in [-0.4, -0.2) is 30.4 Å². The summed E-state index contributed by atoms with van der Waals surface area (Å²) < 4.78 is 6.16. The van der Waals surface area contributed by atoms with E-state index in [0.717, 1.165) is 22.1 Å². The van der Waals surface area contributed by atoms with Crippen molar-refractivity contribution in [2.45, 2.75) is 19.8 Å². The number of aryl methyl sites for hydroxylation is 1. The van der Waals surface area contributed by atoms with E-state index in [1.165, 1.54) is 30.2 Å². The average molecular weight is 462 g/mol. The van der Waals surface area contributed by atoms with E-state index >= 15 is 0 Å². The van der Waals surface area contributed by atoms with E-state index in [2.05, 4.69) is 21.2 Å². The van der Waals surface area contributed by atoms with Gasteiger partial charge in [-0.15, -0.1) is 0 Å². The minimum Gasteiger partial charge on any atom is -0.494 e. The average Bonchev–Trinajstić information content (AvgIpc) is 3.10. The first-order valence-electron chi connectivity index (χ1n) is 9.06. The van der Waals surface area contributed by atoms with Gasteiger partial charge in [-0.3, -0.25) is 19.7 Å². The number of benzene rings is 2. The third-order valence-electron chi connectivity index (χ3n) is 4.87. The lowest BCUT2D eigenvalue weighted by Gasteiger charge is -2.19. The molecule has 0 aliphatic carbocycles. The van der Waals surface area contributed by atoms with E-state index in [1.54, 1.807) is 0 Å². The Bertz CT molecular complexity index is 979. The molecule has 1 saturated heterocycles. The Labute approximate surface area is 176 Å². The second-order valence-corrected chi connectivity index (χ2v) is 7.58. The molecule has 0 bridgehead atoms. The Balaban J connectivity index is 1.78. The van der Waals surface area contributed by atoms with Crippen molar-refractivity contribution in [3.63, 3.8) is 0 Å². The van der Waals surface area contributed by atoms with Crippen LogP contribution in [0.2, 0.25) is 0 Å². The topological polar surface area (TPSA) is 102 Å². The van der Waals surface area contributed by atoms with Crippen molar-refractivity contribution in [2.24, 2.45) is 5.92 Å². The first-order chi connectivity index (χ1) is 13.8. The van der Waals surface area contributed by atoms with Gasteiger partial charge in [0, 0.05) is 29.2 Å². The van der Waals surface area contributed by atoms with E-state index < -0.39 is 10.8 Å². The highest BCUT2D eigenvalue weighted by Crippen LogP contribution is 2.36. The van der Waals surface area contributed by atoms with Crippen LogP contribution < -0.4 is 15.0 Å². The second kappa shape index (κ2) is 8.60. The quantitative estimate of drug-likeness (QED) is 0.518. The van der Waals surface area contributed by atoms with Gasteiger partial charge in [-0.2, -0.15) is 0 Å². The number of halogens is 1. The number of nitrogens with one attached hydrogen (secondary N) is 1. The highest BCUT2D eigenvalue weighted by atomic mass is 79.9. The van der Waals surface area contributed by atoms with Crippen LogP contribution in [0, 0.1) is 16.0 Å². The van der Waals surface area contributed by atoms with Crippen LogP contribution in [0.1, 0.15) is 18.9 Å². The number of nitrogens with zero attached hydrogens (tertiary/aromatic N) is 2. The number of ether oxygens (including phenoxy) is 1. The van der Waals surface area contributed by atoms with E-state index in [1.807, 2.05) is 25.1 Å². The Morgan fingerprint density at radius 2 is 2.10 bits per heavy atom. The minimum atomic E-state index is -0.532. The number of nitro groups is 1. The van der Waals surface area contributed by atoms with Crippen LogP contribution in [0.5, 0.6) is 5.75 Å². The number of methoxy groups -OCH3 is 1. The molecule has 0 spiro atoms. The number of rotatable bonds is 6. The number of carbonyl (C=O) groups is 2. The van der Waals surface area contributed by atoms with E-state index in [-0.39, 0.29) is 36.2 Å². The molecule has 2 aromatic carbocycles. The summed E-state index contributed by atoms with van der Waals surface area (Å²) in [4.78, 5) is 37.2. The zero-order chi connectivity index (χ0) is 21.1. The molecule has 1 aliphatic heterocycles. The summed E-state index contributed by atoms with van der Waals surface area (Å²) in [7, 11) is 1.38. The standard InChI is InChI=1S/C20H20BrN3O5/c1-3-12-8-14(21)4-6-16(12)22-20(26)13-9-19(25)23(11-13)17-7-5-15(24(27)28)10-18(17)29-2/h4-8,10,13H,3,9,11H2,1-2H3,(H,22,26)/t13-/m1/s1. The molecular formula is C20H20BrN3O5. The van der Waals surface area contributed by atoms with Crippen LogP contribution in [0.3, 0.4) is 0 Å². The minimum absolute atomic E-state index is 0.0595. The molecule has 0 saturated carbocycles. The lowest BCUT2D eigenvalue weighted by atomic mass is 10.1. The maximum absolute atomic E-state index is 12.8. The summed E-state index contributed by atoms with van der Waals surface area (Å²) in [5.41, 5.74) is 2.00. The van der Waals surface area contributed by atoms with Gasteiger partial charge in [0.25, 0.3) is 5.69 Å². The normalized spacial score (nSPS) is 16.0. The van der Waals surface area contributed by atoms with Crippen molar-refractivity contribution < 1.29 is 19.2 Å². The molecule has 1 N–H and O–H groups in total. The van der Waals surface area contributed by atoms with E-state index in [9.17, 15) is 19.7 Å². The number of carbonyl (C=O) groups excluding carboxylic acids is 2. The zero-order valence-corrected chi connectivity index (χ0v) is 17.6. The van der Waals surface area contributed by atoms with Crippen LogP contribution in [-0.2, 0) is 16.0 Å². The van der Waals surface area contributed by atoms with Gasteiger partial charge >= 0.3 is 0 Å². The molecule has 152 valence electrons. The molecule has 29 heavy (non-hydrogen) atoms. The van der Waals surface area contributed by atoms with Gasteiger partial charge in [0.05, 0.1) is 29.7 Å². The SMILES string of the molecule is CCc1cc(Br)ccc1NC(=O)[C@@H]1CC(=O)N(c2ccc([N+](=O)[O-])cc2OC)C1. The van der Waals surface area contributed by atoms with Gasteiger partial charge in [-0.25, -0.2) is 0 Å². The fraction of sp³-hybridized carbons (Fsp3) is 0.300. The van der Waals surface area contributed by atoms with Crippen LogP contribution in [0.4, 0.5) is 17.1 Å². The molecule has 9 heteroatoms. The Hall–Kier alpha value is -2.94. The number of hydrogen-bond donors (Lipinski definition) is 1. The summed E-state index contributed by atoms with van der Waals surface area (Å²) in [5, 5.41) is 13.9. The Morgan fingerprint density at radius 1 is 1.34 bits per heavy atom. The molecule has 1 fully saturated rings. The van der Waals surface area contributed by atoms with Gasteiger partial charge in [0.15, 0.2) is 0 Å². The zero-order valence-electron chi connectivity index (χ0n) is 16.0. The first-order valence-corrected chi connectivity index (χ1v) is 9.85. The lowest BCUT2D eigenvalue weighted by molar-refractivity contribution is -0.384. The largest absolute Gasteiger partial charge is 0.494 e. The molecule has 1 heterocycles. The van der Waals surface area contributed by atoms with E-state index in [4.69, 9.17) is 4.74 Å². The molecule has 0 unspecified atom stereocenters. The molecule has 0 aromatic heterocycles. The maximum Gasteiger partial charge on any atom is 0.273 e. The van der Waals surface area contributed by atoms with Crippen LogP contribution in [0.15, 0.2) is 40.9 Å². The number of amides is 2. The van der Waals surface area contributed by atoms with Crippen molar-refractivity contribution in [3.05, 3.63) is 56.5 Å². The predicted octanol–water partition coefficient (Wildman–Crippen LogP) is 3.92. The second-order valence-electron chi connectivity index (χ2n) is 6.66. The Kier molecular flexibility index (Phi) is 6.17. The smallest absolute Gasteiger partial charge is 0.273 e. The summed E-state index contributed by atoms with van der Waals surface area (Å²) >= 11 is 3.42. The molecule has 0 radical (unpaired) electrons. The van der Waals surface area contributed by atoms with Gasteiger partial charge in [-0.05, 0) is 36.2 Å². The number of hydrogen-bond acceptors (Lipinski definition) is 5. The van der Waals surface area contributed by atoms with Crippen molar-refractivity contribution in [1.29, 1.82) is 0 Å². The summed E-state index contributed by atoms with van der Waals surface area (Å²) in [6, 6.07) is 9.68. The molecular weight excluding hydrogens is 442 g/mol. The van der Waals surface area contributed by atoms with Gasteiger partial charge < -0.3 is 15.0 Å². The first kappa shape index (κ1) is 20.8.